The number of piperazine rings is 1. The molecule has 0 amide bonds. The standard InChI is InChI=1S/C23H32N6O3S2/c1-6-8-18-20-21(27(3)26-18)23(33)25-22(24-20)17-15-16(9-10-19(17)32-7-2)34(30,31)28-11-13-29(4,5)14-12-28/h9-10,15H,6-8,11-14H2,1-5H3/p+1. The zero-order valence-electron chi connectivity index (χ0n) is 20.5. The van der Waals surface area contributed by atoms with E-state index in [4.69, 9.17) is 17.0 Å². The number of H-pyrrole nitrogens is 1. The number of fused-ring (bicyclic) bond motifs is 1. The molecule has 0 unspecified atom stereocenters. The Morgan fingerprint density at radius 1 is 1.21 bits per heavy atom. The Kier molecular flexibility index (Phi) is 6.83. The van der Waals surface area contributed by atoms with Crippen LogP contribution < -0.4 is 4.74 Å². The first-order valence-corrected chi connectivity index (χ1v) is 13.5. The normalized spacial score (nSPS) is 16.7. The molecule has 0 atom stereocenters. The molecule has 0 radical (unpaired) electrons. The minimum Gasteiger partial charge on any atom is -0.493 e. The third-order valence-corrected chi connectivity index (χ3v) is 8.50. The van der Waals surface area contributed by atoms with Crippen LogP contribution in [0.5, 0.6) is 5.75 Å². The number of likely N-dealkylation sites (N-methyl/N-ethyl adjacent to an activating group) is 1. The van der Waals surface area contributed by atoms with Crippen LogP contribution in [0.3, 0.4) is 0 Å². The monoisotopic (exact) mass is 505 g/mol. The Hall–Kier alpha value is -2.34. The minimum absolute atomic E-state index is 0.222. The number of hydrogen-bond donors (Lipinski definition) is 1. The molecule has 0 aliphatic carbocycles. The predicted octanol–water partition coefficient (Wildman–Crippen LogP) is 3.12. The Morgan fingerprint density at radius 3 is 2.56 bits per heavy atom. The number of nitrogens with one attached hydrogen (secondary N) is 1. The summed E-state index contributed by atoms with van der Waals surface area (Å²) in [6, 6.07) is 4.96. The lowest BCUT2D eigenvalue weighted by atomic mass is 10.1. The predicted molar refractivity (Wildman–Crippen MR) is 135 cm³/mol. The molecule has 0 bridgehead atoms. The van der Waals surface area contributed by atoms with Gasteiger partial charge in [-0.1, -0.05) is 25.6 Å². The van der Waals surface area contributed by atoms with Gasteiger partial charge in [-0.25, -0.2) is 13.4 Å². The molecular weight excluding hydrogens is 472 g/mol. The maximum atomic E-state index is 13.5. The lowest BCUT2D eigenvalue weighted by Gasteiger charge is -2.38. The number of aryl methyl sites for hydroxylation is 2. The largest absolute Gasteiger partial charge is 0.493 e. The van der Waals surface area contributed by atoms with Gasteiger partial charge in [0.25, 0.3) is 0 Å². The fourth-order valence-corrected chi connectivity index (χ4v) is 6.08. The van der Waals surface area contributed by atoms with E-state index in [1.165, 1.54) is 0 Å². The van der Waals surface area contributed by atoms with Gasteiger partial charge in [-0.3, -0.25) is 4.68 Å². The van der Waals surface area contributed by atoms with E-state index >= 15 is 0 Å². The van der Waals surface area contributed by atoms with Crippen LogP contribution in [0.4, 0.5) is 0 Å². The van der Waals surface area contributed by atoms with Crippen LogP contribution in [0.2, 0.25) is 0 Å². The van der Waals surface area contributed by atoms with Gasteiger partial charge in [0.15, 0.2) is 4.64 Å². The van der Waals surface area contributed by atoms with Crippen molar-refractivity contribution in [2.75, 3.05) is 46.9 Å². The van der Waals surface area contributed by atoms with Gasteiger partial charge in [0.1, 0.15) is 17.1 Å². The fraction of sp³-hybridized carbons (Fsp3) is 0.522. The number of aromatic amines is 1. The topological polar surface area (TPSA) is 93.1 Å². The fourth-order valence-electron chi connectivity index (χ4n) is 4.31. The van der Waals surface area contributed by atoms with Gasteiger partial charge in [-0.15, -0.1) is 0 Å². The molecule has 0 saturated carbocycles. The van der Waals surface area contributed by atoms with Crippen molar-refractivity contribution in [3.63, 3.8) is 0 Å². The second kappa shape index (κ2) is 9.37. The number of rotatable bonds is 7. The highest BCUT2D eigenvalue weighted by atomic mass is 32.2. The van der Waals surface area contributed by atoms with Crippen molar-refractivity contribution >= 4 is 33.3 Å². The molecule has 1 fully saturated rings. The van der Waals surface area contributed by atoms with Gasteiger partial charge in [-0.2, -0.15) is 9.40 Å². The van der Waals surface area contributed by atoms with Crippen molar-refractivity contribution in [3.05, 3.63) is 28.5 Å². The van der Waals surface area contributed by atoms with Gasteiger partial charge < -0.3 is 14.2 Å². The molecule has 1 aliphatic heterocycles. The summed E-state index contributed by atoms with van der Waals surface area (Å²) < 4.78 is 37.3. The van der Waals surface area contributed by atoms with E-state index in [0.29, 0.717) is 41.5 Å². The Bertz CT molecular complexity index is 1370. The highest BCUT2D eigenvalue weighted by molar-refractivity contribution is 7.89. The third-order valence-electron chi connectivity index (χ3n) is 6.32. The van der Waals surface area contributed by atoms with Gasteiger partial charge in [0.05, 0.1) is 68.6 Å². The molecule has 34 heavy (non-hydrogen) atoms. The van der Waals surface area contributed by atoms with Gasteiger partial charge >= 0.3 is 0 Å². The number of sulfonamides is 1. The van der Waals surface area contributed by atoms with E-state index in [0.717, 1.165) is 47.1 Å². The van der Waals surface area contributed by atoms with Gasteiger partial charge in [-0.05, 0) is 31.5 Å². The second-order valence-corrected chi connectivity index (χ2v) is 11.6. The molecule has 1 N–H and O–H groups in total. The summed E-state index contributed by atoms with van der Waals surface area (Å²) in [4.78, 5) is 8.21. The Morgan fingerprint density at radius 2 is 1.91 bits per heavy atom. The van der Waals surface area contributed by atoms with Gasteiger partial charge in [0, 0.05) is 7.05 Å². The molecule has 4 rings (SSSR count). The van der Waals surface area contributed by atoms with Crippen LogP contribution >= 0.6 is 12.2 Å². The van der Waals surface area contributed by atoms with Crippen LogP contribution in [0.15, 0.2) is 23.1 Å². The zero-order chi connectivity index (χ0) is 24.7. The van der Waals surface area contributed by atoms with E-state index in [1.807, 2.05) is 14.0 Å². The molecule has 1 aliphatic rings. The first-order chi connectivity index (χ1) is 16.1. The van der Waals surface area contributed by atoms with Gasteiger partial charge in [0.2, 0.25) is 10.0 Å². The third kappa shape index (κ3) is 4.61. The second-order valence-electron chi connectivity index (χ2n) is 9.31. The average molecular weight is 506 g/mol. The average Bonchev–Trinajstić information content (AvgIpc) is 3.09. The number of aromatic nitrogens is 4. The molecular formula is C23H33N6O3S2+. The number of ether oxygens (including phenoxy) is 1. The summed E-state index contributed by atoms with van der Waals surface area (Å²) >= 11 is 5.60. The molecule has 11 heteroatoms. The van der Waals surface area contributed by atoms with Crippen LogP contribution in [-0.2, 0) is 23.5 Å². The minimum atomic E-state index is -3.66. The summed E-state index contributed by atoms with van der Waals surface area (Å²) in [5, 5.41) is 4.61. The quantitative estimate of drug-likeness (QED) is 0.392. The first kappa shape index (κ1) is 24.8. The summed E-state index contributed by atoms with van der Waals surface area (Å²) in [5.74, 6) is 1.02. The van der Waals surface area contributed by atoms with E-state index in [-0.39, 0.29) is 4.90 Å². The summed E-state index contributed by atoms with van der Waals surface area (Å²) in [6.07, 6.45) is 1.73. The number of quaternary nitrogens is 1. The van der Waals surface area contributed by atoms with E-state index in [9.17, 15) is 8.42 Å². The zero-order valence-corrected chi connectivity index (χ0v) is 22.1. The Balaban J connectivity index is 1.83. The molecule has 2 aromatic heterocycles. The molecule has 184 valence electrons. The summed E-state index contributed by atoms with van der Waals surface area (Å²) in [6.45, 7) is 6.95. The molecule has 3 aromatic rings. The SMILES string of the molecule is CCCc1nn(C)c2c(=S)nc(-c3cc(S(=O)(=O)N4CC[N+](C)(C)CC4)ccc3OCC)[nH]c12. The number of hydrogen-bond acceptors (Lipinski definition) is 6. The number of nitrogens with zero attached hydrogens (tertiary/aromatic N) is 5. The summed E-state index contributed by atoms with van der Waals surface area (Å²) in [7, 11) is 2.43. The van der Waals surface area contributed by atoms with E-state index in [2.05, 4.69) is 36.1 Å². The summed E-state index contributed by atoms with van der Waals surface area (Å²) in [5.41, 5.74) is 3.06. The van der Waals surface area contributed by atoms with E-state index < -0.39 is 10.0 Å². The molecule has 1 aromatic carbocycles. The van der Waals surface area contributed by atoms with Crippen molar-refractivity contribution in [3.8, 4) is 17.1 Å². The lowest BCUT2D eigenvalue weighted by Crippen LogP contribution is -2.55. The molecule has 0 spiro atoms. The van der Waals surface area contributed by atoms with Crippen LogP contribution in [-0.4, -0.2) is 83.8 Å². The Labute approximate surface area is 206 Å². The maximum Gasteiger partial charge on any atom is 0.243 e. The highest BCUT2D eigenvalue weighted by Gasteiger charge is 2.33. The van der Waals surface area contributed by atoms with Crippen molar-refractivity contribution in [2.45, 2.75) is 31.6 Å². The van der Waals surface area contributed by atoms with Crippen molar-refractivity contribution in [1.29, 1.82) is 0 Å². The molecule has 3 heterocycles. The molecule has 9 nitrogen and oxygen atoms in total. The first-order valence-electron chi connectivity index (χ1n) is 11.6. The van der Waals surface area contributed by atoms with Crippen LogP contribution in [0, 0.1) is 4.64 Å². The maximum absolute atomic E-state index is 13.5. The smallest absolute Gasteiger partial charge is 0.243 e. The van der Waals surface area contributed by atoms with Crippen LogP contribution in [0.25, 0.3) is 22.4 Å². The highest BCUT2D eigenvalue weighted by Crippen LogP contribution is 2.33. The van der Waals surface area contributed by atoms with Crippen LogP contribution in [0.1, 0.15) is 26.0 Å². The van der Waals surface area contributed by atoms with Crippen molar-refractivity contribution in [2.24, 2.45) is 7.05 Å². The van der Waals surface area contributed by atoms with E-state index in [1.54, 1.807) is 27.2 Å². The number of benzene rings is 1. The molecule has 1 saturated heterocycles. The van der Waals surface area contributed by atoms with Crippen molar-refractivity contribution < 1.29 is 17.6 Å². The lowest BCUT2D eigenvalue weighted by molar-refractivity contribution is -0.893. The van der Waals surface area contributed by atoms with Crippen molar-refractivity contribution in [1.82, 2.24) is 24.1 Å².